The predicted octanol–water partition coefficient (Wildman–Crippen LogP) is 3.08. The third-order valence-corrected chi connectivity index (χ3v) is 4.34. The fourth-order valence-corrected chi connectivity index (χ4v) is 2.82. The second-order valence-corrected chi connectivity index (χ2v) is 6.57. The van der Waals surface area contributed by atoms with Crippen LogP contribution in [0.2, 0.25) is 0 Å². The largest absolute Gasteiger partial charge is 0.478 e. The number of pyridine rings is 1. The Balaban J connectivity index is 1.45. The number of hydrogen-bond donors (Lipinski definition) is 1. The lowest BCUT2D eigenvalue weighted by molar-refractivity contribution is 0.0697. The Morgan fingerprint density at radius 3 is 2.57 bits per heavy atom. The Bertz CT molecular complexity index is 1220. The molecule has 0 unspecified atom stereocenters. The van der Waals surface area contributed by atoms with E-state index in [1.807, 2.05) is 36.4 Å². The summed E-state index contributed by atoms with van der Waals surface area (Å²) in [5.41, 5.74) is 3.79. The first-order valence-electron chi connectivity index (χ1n) is 9.25. The zero-order chi connectivity index (χ0) is 20.8. The molecule has 2 heterocycles. The zero-order valence-electron chi connectivity index (χ0n) is 15.9. The molecule has 0 aliphatic carbocycles. The van der Waals surface area contributed by atoms with Crippen LogP contribution in [-0.4, -0.2) is 36.3 Å². The molecule has 0 saturated heterocycles. The predicted molar refractivity (Wildman–Crippen MR) is 111 cm³/mol. The van der Waals surface area contributed by atoms with Gasteiger partial charge in [0.1, 0.15) is 0 Å². The molecule has 1 N–H and O–H groups in total. The van der Waals surface area contributed by atoms with Crippen LogP contribution in [-0.2, 0) is 13.0 Å². The molecule has 4 rings (SSSR count). The number of aromatic nitrogens is 5. The van der Waals surface area contributed by atoms with Gasteiger partial charge >= 0.3 is 5.97 Å². The maximum atomic E-state index is 10.9. The van der Waals surface area contributed by atoms with Crippen molar-refractivity contribution in [2.75, 3.05) is 0 Å². The van der Waals surface area contributed by atoms with Crippen molar-refractivity contribution in [1.29, 1.82) is 0 Å². The van der Waals surface area contributed by atoms with Crippen LogP contribution in [0.3, 0.4) is 0 Å². The first-order valence-corrected chi connectivity index (χ1v) is 9.25. The first-order chi connectivity index (χ1) is 14.7. The van der Waals surface area contributed by atoms with Gasteiger partial charge in [0.25, 0.3) is 0 Å². The zero-order valence-corrected chi connectivity index (χ0v) is 15.9. The molecule has 30 heavy (non-hydrogen) atoms. The molecule has 0 fully saturated rings. The molecule has 2 aromatic carbocycles. The van der Waals surface area contributed by atoms with E-state index in [0.717, 1.165) is 22.3 Å². The van der Waals surface area contributed by atoms with Crippen molar-refractivity contribution in [3.8, 4) is 23.2 Å². The van der Waals surface area contributed by atoms with E-state index < -0.39 is 5.97 Å². The first kappa shape index (κ1) is 19.0. The van der Waals surface area contributed by atoms with E-state index >= 15 is 0 Å². The quantitative estimate of drug-likeness (QED) is 0.522. The summed E-state index contributed by atoms with van der Waals surface area (Å²) in [6.45, 7) is 0.386. The molecule has 0 atom stereocenters. The summed E-state index contributed by atoms with van der Waals surface area (Å²) in [5.74, 6) is 5.77. The molecule has 2 aromatic heterocycles. The summed E-state index contributed by atoms with van der Waals surface area (Å²) in [4.78, 5) is 16.6. The summed E-state index contributed by atoms with van der Waals surface area (Å²) >= 11 is 0. The lowest BCUT2D eigenvalue weighted by atomic mass is 10.1. The minimum absolute atomic E-state index is 0.238. The Labute approximate surface area is 173 Å². The smallest absolute Gasteiger partial charge is 0.335 e. The van der Waals surface area contributed by atoms with Gasteiger partial charge in [-0.05, 0) is 34.5 Å². The second-order valence-electron chi connectivity index (χ2n) is 6.57. The molecule has 0 aliphatic heterocycles. The number of aromatic carboxylic acids is 1. The van der Waals surface area contributed by atoms with E-state index in [1.165, 1.54) is 4.80 Å². The summed E-state index contributed by atoms with van der Waals surface area (Å²) in [6.07, 6.45) is 4.04. The lowest BCUT2D eigenvalue weighted by Crippen LogP contribution is -2.04. The average Bonchev–Trinajstić information content (AvgIpc) is 3.24. The van der Waals surface area contributed by atoms with E-state index in [9.17, 15) is 4.79 Å². The van der Waals surface area contributed by atoms with Crippen molar-refractivity contribution in [2.45, 2.75) is 13.0 Å². The maximum Gasteiger partial charge on any atom is 0.335 e. The van der Waals surface area contributed by atoms with Crippen LogP contribution in [0.25, 0.3) is 11.4 Å². The van der Waals surface area contributed by atoms with Crippen molar-refractivity contribution in [1.82, 2.24) is 25.2 Å². The van der Waals surface area contributed by atoms with Gasteiger partial charge in [-0.25, -0.2) is 4.79 Å². The third kappa shape index (κ3) is 4.75. The molecule has 4 aromatic rings. The normalized spacial score (nSPS) is 10.3. The molecular weight excluding hydrogens is 378 g/mol. The number of nitrogens with zero attached hydrogens (tertiary/aromatic N) is 5. The van der Waals surface area contributed by atoms with Gasteiger partial charge in [0.05, 0.1) is 12.1 Å². The van der Waals surface area contributed by atoms with Gasteiger partial charge in [-0.3, -0.25) is 4.98 Å². The van der Waals surface area contributed by atoms with Gasteiger partial charge in [0.15, 0.2) is 0 Å². The van der Waals surface area contributed by atoms with Gasteiger partial charge in [-0.1, -0.05) is 54.3 Å². The van der Waals surface area contributed by atoms with Gasteiger partial charge in [0, 0.05) is 29.9 Å². The Morgan fingerprint density at radius 2 is 1.80 bits per heavy atom. The Kier molecular flexibility index (Phi) is 5.58. The Hall–Kier alpha value is -4.31. The number of tetrazole rings is 1. The summed E-state index contributed by atoms with van der Waals surface area (Å²) in [7, 11) is 0. The van der Waals surface area contributed by atoms with E-state index in [1.54, 1.807) is 36.7 Å². The van der Waals surface area contributed by atoms with E-state index in [0.29, 0.717) is 18.8 Å². The summed E-state index contributed by atoms with van der Waals surface area (Å²) in [5, 5.41) is 21.5. The van der Waals surface area contributed by atoms with Crippen molar-refractivity contribution < 1.29 is 9.90 Å². The minimum Gasteiger partial charge on any atom is -0.478 e. The number of carboxylic acid groups (broad SMARTS) is 1. The van der Waals surface area contributed by atoms with E-state index in [4.69, 9.17) is 5.11 Å². The standard InChI is InChI=1S/C23H17N5O2/c29-23(30)20-11-9-18(10-12-20)16-28-26-22(25-27-28)21-13-19(14-24-15-21)8-4-7-17-5-2-1-3-6-17/h1-3,5-6,9-15H,7,16H2,(H,29,30). The van der Waals surface area contributed by atoms with Crippen LogP contribution in [0.15, 0.2) is 73.1 Å². The fraction of sp³-hybridized carbons (Fsp3) is 0.0870. The average molecular weight is 395 g/mol. The third-order valence-electron chi connectivity index (χ3n) is 4.34. The van der Waals surface area contributed by atoms with Crippen LogP contribution in [0, 0.1) is 11.8 Å². The highest BCUT2D eigenvalue weighted by atomic mass is 16.4. The highest BCUT2D eigenvalue weighted by molar-refractivity contribution is 5.87. The van der Waals surface area contributed by atoms with Crippen LogP contribution >= 0.6 is 0 Å². The van der Waals surface area contributed by atoms with Crippen LogP contribution in [0.1, 0.15) is 27.0 Å². The van der Waals surface area contributed by atoms with E-state index in [-0.39, 0.29) is 5.56 Å². The van der Waals surface area contributed by atoms with Crippen LogP contribution < -0.4 is 0 Å². The highest BCUT2D eigenvalue weighted by Gasteiger charge is 2.08. The summed E-state index contributed by atoms with van der Waals surface area (Å²) in [6, 6.07) is 18.5. The number of carboxylic acids is 1. The van der Waals surface area contributed by atoms with Gasteiger partial charge < -0.3 is 5.11 Å². The number of benzene rings is 2. The fourth-order valence-electron chi connectivity index (χ4n) is 2.82. The SMILES string of the molecule is O=C(O)c1ccc(Cn2nnc(-c3cncc(C#CCc4ccccc4)c3)n2)cc1. The second kappa shape index (κ2) is 8.80. The molecule has 0 spiro atoms. The molecule has 0 aliphatic rings. The number of rotatable bonds is 5. The van der Waals surface area contributed by atoms with Crippen molar-refractivity contribution in [3.63, 3.8) is 0 Å². The maximum absolute atomic E-state index is 10.9. The molecule has 0 saturated carbocycles. The topological polar surface area (TPSA) is 93.8 Å². The van der Waals surface area contributed by atoms with Crippen LogP contribution in [0.4, 0.5) is 0 Å². The summed E-state index contributed by atoms with van der Waals surface area (Å²) < 4.78 is 0. The van der Waals surface area contributed by atoms with Crippen molar-refractivity contribution in [2.24, 2.45) is 0 Å². The van der Waals surface area contributed by atoms with Gasteiger partial charge in [-0.15, -0.1) is 10.2 Å². The monoisotopic (exact) mass is 395 g/mol. The highest BCUT2D eigenvalue weighted by Crippen LogP contribution is 2.14. The molecule has 146 valence electrons. The molecule has 0 bridgehead atoms. The number of carbonyl (C=O) groups is 1. The van der Waals surface area contributed by atoms with Crippen LogP contribution in [0.5, 0.6) is 0 Å². The lowest BCUT2D eigenvalue weighted by Gasteiger charge is -2.00. The molecular formula is C23H17N5O2. The Morgan fingerprint density at radius 1 is 1.00 bits per heavy atom. The molecule has 7 nitrogen and oxygen atoms in total. The molecule has 0 radical (unpaired) electrons. The van der Waals surface area contributed by atoms with Gasteiger partial charge in [-0.2, -0.15) is 4.80 Å². The minimum atomic E-state index is -0.957. The van der Waals surface area contributed by atoms with Gasteiger partial charge in [0.2, 0.25) is 5.82 Å². The van der Waals surface area contributed by atoms with Crippen molar-refractivity contribution in [3.05, 3.63) is 95.3 Å². The molecule has 0 amide bonds. The van der Waals surface area contributed by atoms with E-state index in [2.05, 4.69) is 32.2 Å². The van der Waals surface area contributed by atoms with Crippen molar-refractivity contribution >= 4 is 5.97 Å². The molecule has 7 heteroatoms. The number of hydrogen-bond acceptors (Lipinski definition) is 5.